The molecule has 0 bridgehead atoms. The number of amides is 1. The molecule has 1 atom stereocenters. The number of rotatable bonds is 7. The molecule has 2 heterocycles. The van der Waals surface area contributed by atoms with Crippen molar-refractivity contribution < 1.29 is 22.4 Å². The number of hydrogen-bond donors (Lipinski definition) is 2. The highest BCUT2D eigenvalue weighted by atomic mass is 32.2. The van der Waals surface area contributed by atoms with Crippen molar-refractivity contribution >= 4 is 22.8 Å². The number of carbonyl (C=O) groups excluding carboxylic acids is 1. The number of thioether (sulfide) groups is 1. The summed E-state index contributed by atoms with van der Waals surface area (Å²) in [6.07, 6.45) is -0.835. The normalized spacial score (nSPS) is 16.7. The molecule has 2 N–H and O–H groups in total. The van der Waals surface area contributed by atoms with Crippen LogP contribution < -0.4 is 5.32 Å². The van der Waals surface area contributed by atoms with E-state index in [1.807, 2.05) is 4.90 Å². The molecule has 0 spiro atoms. The zero-order valence-electron chi connectivity index (χ0n) is 21.3. The molecular weight excluding hydrogens is 528 g/mol. The Morgan fingerprint density at radius 2 is 2.00 bits per heavy atom. The smallest absolute Gasteiger partial charge is 0.347 e. The zero-order chi connectivity index (χ0) is 27.7. The fraction of sp³-hybridized carbons (Fsp3) is 0.345. The summed E-state index contributed by atoms with van der Waals surface area (Å²) >= 11 is 1.43. The van der Waals surface area contributed by atoms with Crippen LogP contribution in [0.2, 0.25) is 0 Å². The van der Waals surface area contributed by atoms with Crippen molar-refractivity contribution in [1.82, 2.24) is 15.2 Å². The molecule has 2 fully saturated rings. The van der Waals surface area contributed by atoms with Crippen molar-refractivity contribution in [3.8, 4) is 11.1 Å². The second-order valence-electron chi connectivity index (χ2n) is 10.0. The summed E-state index contributed by atoms with van der Waals surface area (Å²) in [4.78, 5) is 19.1. The number of pyridine rings is 1. The van der Waals surface area contributed by atoms with Gasteiger partial charge >= 0.3 is 6.18 Å². The van der Waals surface area contributed by atoms with Crippen LogP contribution in [-0.4, -0.2) is 33.3 Å². The number of alkyl halides is 3. The van der Waals surface area contributed by atoms with Gasteiger partial charge in [-0.3, -0.25) is 15.2 Å². The minimum atomic E-state index is -4.67. The van der Waals surface area contributed by atoms with E-state index in [0.717, 1.165) is 36.8 Å². The number of nitrogens with zero attached hydrogens (tertiary/aromatic N) is 2. The number of halogens is 4. The summed E-state index contributed by atoms with van der Waals surface area (Å²) in [6.45, 7) is 2.62. The molecule has 10 heteroatoms. The van der Waals surface area contributed by atoms with Crippen LogP contribution in [0.15, 0.2) is 54.7 Å². The van der Waals surface area contributed by atoms with Crippen LogP contribution in [0.4, 0.5) is 17.6 Å². The number of aryl methyl sites for hydroxylation is 1. The summed E-state index contributed by atoms with van der Waals surface area (Å²) in [5.74, 6) is 0.314. The maximum Gasteiger partial charge on any atom is 0.433 e. The van der Waals surface area contributed by atoms with Crippen LogP contribution >= 0.6 is 11.8 Å². The molecule has 1 saturated heterocycles. The lowest BCUT2D eigenvalue weighted by Gasteiger charge is -2.29. The number of amidine groups is 1. The van der Waals surface area contributed by atoms with Crippen molar-refractivity contribution in [3.63, 3.8) is 0 Å². The van der Waals surface area contributed by atoms with E-state index >= 15 is 0 Å². The van der Waals surface area contributed by atoms with Crippen LogP contribution in [-0.2, 0) is 12.7 Å². The lowest BCUT2D eigenvalue weighted by atomic mass is 9.96. The Morgan fingerprint density at radius 3 is 2.69 bits per heavy atom. The Balaban J connectivity index is 1.52. The van der Waals surface area contributed by atoms with Crippen LogP contribution in [0.5, 0.6) is 0 Å². The van der Waals surface area contributed by atoms with Crippen molar-refractivity contribution in [2.24, 2.45) is 5.92 Å². The molecule has 3 aromatic rings. The van der Waals surface area contributed by atoms with Gasteiger partial charge in [-0.25, -0.2) is 4.39 Å². The highest BCUT2D eigenvalue weighted by Gasteiger charge is 2.36. The van der Waals surface area contributed by atoms with E-state index in [1.165, 1.54) is 36.0 Å². The van der Waals surface area contributed by atoms with Crippen molar-refractivity contribution in [3.05, 3.63) is 88.5 Å². The van der Waals surface area contributed by atoms with Gasteiger partial charge in [0.2, 0.25) is 0 Å². The number of carbonyl (C=O) groups is 1. The SMILES string of the molecule is Cc1cc(C(NC(=O)c2cc(CN3CCCSC3=N)cc(-c3cccnc3C(F)(F)F)c2)C2CC2)ccc1F. The lowest BCUT2D eigenvalue weighted by molar-refractivity contribution is -0.140. The molecule has 39 heavy (non-hydrogen) atoms. The predicted molar refractivity (Wildman–Crippen MR) is 144 cm³/mol. The maximum absolute atomic E-state index is 13.9. The van der Waals surface area contributed by atoms with Gasteiger partial charge in [0.25, 0.3) is 5.91 Å². The van der Waals surface area contributed by atoms with E-state index in [0.29, 0.717) is 29.4 Å². The zero-order valence-corrected chi connectivity index (χ0v) is 22.1. The third-order valence-electron chi connectivity index (χ3n) is 7.04. The summed E-state index contributed by atoms with van der Waals surface area (Å²) in [7, 11) is 0. The Hall–Kier alpha value is -3.40. The fourth-order valence-electron chi connectivity index (χ4n) is 4.91. The quantitative estimate of drug-likeness (QED) is 0.309. The Bertz CT molecular complexity index is 1410. The molecule has 5 rings (SSSR count). The van der Waals surface area contributed by atoms with Crippen LogP contribution in [0.3, 0.4) is 0 Å². The van der Waals surface area contributed by atoms with Crippen molar-refractivity contribution in [2.45, 2.75) is 44.9 Å². The summed E-state index contributed by atoms with van der Waals surface area (Å²) in [6, 6.07) is 12.0. The van der Waals surface area contributed by atoms with Gasteiger partial charge in [-0.2, -0.15) is 13.2 Å². The molecule has 2 aliphatic rings. The van der Waals surface area contributed by atoms with Crippen LogP contribution in [0.25, 0.3) is 11.1 Å². The van der Waals surface area contributed by atoms with Crippen molar-refractivity contribution in [2.75, 3.05) is 12.3 Å². The fourth-order valence-corrected chi connectivity index (χ4v) is 5.72. The number of benzene rings is 2. The number of hydrogen-bond acceptors (Lipinski definition) is 4. The van der Waals surface area contributed by atoms with E-state index in [1.54, 1.807) is 31.2 Å². The summed E-state index contributed by atoms with van der Waals surface area (Å²) in [5, 5.41) is 11.7. The minimum absolute atomic E-state index is 0.114. The van der Waals surface area contributed by atoms with Gasteiger partial charge in [-0.05, 0) is 84.7 Å². The molecule has 1 aliphatic heterocycles. The van der Waals surface area contributed by atoms with Gasteiger partial charge in [0.1, 0.15) is 5.82 Å². The third-order valence-corrected chi connectivity index (χ3v) is 8.06. The highest BCUT2D eigenvalue weighted by molar-refractivity contribution is 8.13. The van der Waals surface area contributed by atoms with Crippen LogP contribution in [0.1, 0.15) is 58.0 Å². The van der Waals surface area contributed by atoms with E-state index in [-0.39, 0.29) is 34.5 Å². The van der Waals surface area contributed by atoms with Crippen LogP contribution in [0, 0.1) is 24.1 Å². The Morgan fingerprint density at radius 1 is 1.21 bits per heavy atom. The first-order valence-corrected chi connectivity index (χ1v) is 13.8. The first-order chi connectivity index (χ1) is 18.6. The number of nitrogens with one attached hydrogen (secondary N) is 2. The first kappa shape index (κ1) is 27.2. The second-order valence-corrected chi connectivity index (χ2v) is 11.1. The third kappa shape index (κ3) is 6.27. The van der Waals surface area contributed by atoms with Gasteiger partial charge in [0.15, 0.2) is 10.9 Å². The van der Waals surface area contributed by atoms with E-state index < -0.39 is 17.8 Å². The van der Waals surface area contributed by atoms with E-state index in [4.69, 9.17) is 5.41 Å². The molecule has 1 saturated carbocycles. The van der Waals surface area contributed by atoms with Gasteiger partial charge in [-0.1, -0.05) is 30.0 Å². The highest BCUT2D eigenvalue weighted by Crippen LogP contribution is 2.42. The largest absolute Gasteiger partial charge is 0.433 e. The molecule has 2 aromatic carbocycles. The molecule has 204 valence electrons. The summed E-state index contributed by atoms with van der Waals surface area (Å²) in [5.41, 5.74) is 1.23. The molecule has 1 aliphatic carbocycles. The van der Waals surface area contributed by atoms with Gasteiger partial charge in [0.05, 0.1) is 6.04 Å². The summed E-state index contributed by atoms with van der Waals surface area (Å²) < 4.78 is 55.4. The minimum Gasteiger partial charge on any atom is -0.347 e. The number of aromatic nitrogens is 1. The molecule has 1 unspecified atom stereocenters. The van der Waals surface area contributed by atoms with Gasteiger partial charge < -0.3 is 10.2 Å². The predicted octanol–water partition coefficient (Wildman–Crippen LogP) is 6.97. The Labute approximate surface area is 228 Å². The standard InChI is InChI=1S/C29H28F4N4OS/c1-17-12-20(7-8-24(17)30)25(19-5-6-19)36-27(38)22-14-18(16-37-10-3-11-39-28(37)34)13-21(15-22)23-4-2-9-35-26(23)29(31,32)33/h2,4,7-9,12-15,19,25,34H,3,5-6,10-11,16H2,1H3,(H,36,38). The molecule has 0 radical (unpaired) electrons. The molecule has 1 amide bonds. The van der Waals surface area contributed by atoms with E-state index in [9.17, 15) is 22.4 Å². The molecule has 1 aromatic heterocycles. The topological polar surface area (TPSA) is 69.1 Å². The van der Waals surface area contributed by atoms with E-state index in [2.05, 4.69) is 10.3 Å². The first-order valence-electron chi connectivity index (χ1n) is 12.8. The Kier molecular flexibility index (Phi) is 7.66. The van der Waals surface area contributed by atoms with Gasteiger partial charge in [-0.15, -0.1) is 0 Å². The lowest BCUT2D eigenvalue weighted by Crippen LogP contribution is -2.33. The second kappa shape index (κ2) is 11.0. The van der Waals surface area contributed by atoms with Crippen molar-refractivity contribution in [1.29, 1.82) is 5.41 Å². The molecule has 5 nitrogen and oxygen atoms in total. The average Bonchev–Trinajstić information content (AvgIpc) is 3.75. The van der Waals surface area contributed by atoms with Gasteiger partial charge in [0, 0.05) is 36.2 Å². The average molecular weight is 557 g/mol. The monoisotopic (exact) mass is 556 g/mol. The molecular formula is C29H28F4N4OS. The maximum atomic E-state index is 13.9.